The zero-order chi connectivity index (χ0) is 28.1. The molecule has 0 aliphatic heterocycles. The van der Waals surface area contributed by atoms with Crippen molar-refractivity contribution < 1.29 is 14.3 Å². The molecule has 0 spiro atoms. The van der Waals surface area contributed by atoms with E-state index in [0.717, 1.165) is 12.2 Å². The summed E-state index contributed by atoms with van der Waals surface area (Å²) in [4.78, 5) is 12.1. The number of unbranched alkanes of at least 4 members (excludes halogenated alkanes) is 13. The van der Waals surface area contributed by atoms with Gasteiger partial charge in [-0.1, -0.05) is 90.4 Å². The van der Waals surface area contributed by atoms with Crippen molar-refractivity contribution in [3.05, 3.63) is 53.1 Å². The van der Waals surface area contributed by atoms with Crippen molar-refractivity contribution in [3.8, 4) is 23.6 Å². The first-order valence-electron chi connectivity index (χ1n) is 14.5. The van der Waals surface area contributed by atoms with Crippen LogP contribution in [-0.2, 0) is 0 Å². The summed E-state index contributed by atoms with van der Waals surface area (Å²) in [7, 11) is 0. The monoisotopic (exact) mass is 532 g/mol. The van der Waals surface area contributed by atoms with Crippen molar-refractivity contribution in [1.82, 2.24) is 5.43 Å². The topological polar surface area (TPSA) is 107 Å². The number of anilines is 1. The number of hydrogen-bond acceptors (Lipinski definition) is 6. The highest BCUT2D eigenvalue weighted by Crippen LogP contribution is 2.21. The van der Waals surface area contributed by atoms with Gasteiger partial charge in [0.15, 0.2) is 0 Å². The van der Waals surface area contributed by atoms with Crippen LogP contribution < -0.4 is 20.3 Å². The summed E-state index contributed by atoms with van der Waals surface area (Å²) in [6.45, 7) is 4.72. The maximum absolute atomic E-state index is 12.1. The number of carbonyl (C=O) groups is 1. The van der Waals surface area contributed by atoms with E-state index in [9.17, 15) is 10.1 Å². The maximum Gasteiger partial charge on any atom is 0.431 e. The van der Waals surface area contributed by atoms with E-state index in [0.29, 0.717) is 23.6 Å². The van der Waals surface area contributed by atoms with Gasteiger partial charge in [-0.15, -0.1) is 0 Å². The van der Waals surface area contributed by atoms with E-state index < -0.39 is 6.09 Å². The molecule has 0 aliphatic rings. The summed E-state index contributed by atoms with van der Waals surface area (Å²) in [6.07, 6.45) is 17.9. The Bertz CT molecular complexity index is 1070. The lowest BCUT2D eigenvalue weighted by molar-refractivity contribution is 0.202. The fraction of sp³-hybridized carbons (Fsp3) is 0.531. The van der Waals surface area contributed by atoms with Gasteiger partial charge in [0.25, 0.3) is 0 Å². The molecule has 7 nitrogen and oxygen atoms in total. The number of rotatable bonds is 19. The largest absolute Gasteiger partial charge is 0.494 e. The number of nitriles is 2. The molecule has 7 heteroatoms. The van der Waals surface area contributed by atoms with Gasteiger partial charge in [-0.3, -0.25) is 5.43 Å². The summed E-state index contributed by atoms with van der Waals surface area (Å²) in [5, 5.41) is 18.3. The molecule has 0 radical (unpaired) electrons. The minimum atomic E-state index is -0.701. The lowest BCUT2D eigenvalue weighted by Gasteiger charge is -2.12. The Labute approximate surface area is 234 Å². The number of hydrazine groups is 1. The number of nitrogens with zero attached hydrogens (tertiary/aromatic N) is 2. The molecule has 1 amide bonds. The van der Waals surface area contributed by atoms with Crippen LogP contribution in [0.2, 0.25) is 0 Å². The Morgan fingerprint density at radius 2 is 1.23 bits per heavy atom. The Morgan fingerprint density at radius 3 is 1.77 bits per heavy atom. The number of aryl methyl sites for hydroxylation is 1. The van der Waals surface area contributed by atoms with Crippen LogP contribution in [0.15, 0.2) is 36.4 Å². The van der Waals surface area contributed by atoms with Gasteiger partial charge in [-0.05, 0) is 55.3 Å². The molecule has 0 unspecified atom stereocenters. The molecule has 2 N–H and O–H groups in total. The second-order valence-electron chi connectivity index (χ2n) is 9.99. The van der Waals surface area contributed by atoms with Crippen molar-refractivity contribution in [2.75, 3.05) is 12.0 Å². The van der Waals surface area contributed by atoms with Gasteiger partial charge in [0, 0.05) is 0 Å². The van der Waals surface area contributed by atoms with Crippen LogP contribution in [0.5, 0.6) is 11.5 Å². The minimum Gasteiger partial charge on any atom is -0.494 e. The first kappa shape index (κ1) is 31.5. The van der Waals surface area contributed by atoms with Crippen LogP contribution in [0.3, 0.4) is 0 Å². The highest BCUT2D eigenvalue weighted by atomic mass is 16.6. The van der Waals surface area contributed by atoms with Gasteiger partial charge in [0.1, 0.15) is 23.6 Å². The molecule has 39 heavy (non-hydrogen) atoms. The van der Waals surface area contributed by atoms with Gasteiger partial charge < -0.3 is 9.47 Å². The van der Waals surface area contributed by atoms with Crippen molar-refractivity contribution in [2.45, 2.75) is 104 Å². The molecule has 0 aliphatic carbocycles. The minimum absolute atomic E-state index is 0.227. The average molecular weight is 533 g/mol. The van der Waals surface area contributed by atoms with E-state index in [1.165, 1.54) is 89.5 Å². The second kappa shape index (κ2) is 19.4. The van der Waals surface area contributed by atoms with Crippen LogP contribution in [0.25, 0.3) is 0 Å². The zero-order valence-electron chi connectivity index (χ0n) is 23.7. The molecule has 0 atom stereocenters. The summed E-state index contributed by atoms with van der Waals surface area (Å²) >= 11 is 0. The Balaban J connectivity index is 1.53. The SMILES string of the molecule is CCCCCCCCCCCCCCCCOc1ccc(OC(=O)NNc2cc(C#N)c(C#N)cc2C)cc1. The fourth-order valence-electron chi connectivity index (χ4n) is 4.37. The Hall–Kier alpha value is -3.71. The van der Waals surface area contributed by atoms with Crippen LogP contribution in [0.1, 0.15) is 114 Å². The quantitative estimate of drug-likeness (QED) is 0.138. The first-order valence-corrected chi connectivity index (χ1v) is 14.5. The lowest BCUT2D eigenvalue weighted by atomic mass is 10.0. The third kappa shape index (κ3) is 13.1. The van der Waals surface area contributed by atoms with Crippen LogP contribution in [0.4, 0.5) is 10.5 Å². The van der Waals surface area contributed by atoms with E-state index in [1.807, 2.05) is 12.1 Å². The molecule has 0 aromatic heterocycles. The number of benzene rings is 2. The van der Waals surface area contributed by atoms with Crippen LogP contribution in [0, 0.1) is 29.6 Å². The number of hydrogen-bond donors (Lipinski definition) is 2. The van der Waals surface area contributed by atoms with E-state index in [-0.39, 0.29) is 11.1 Å². The number of carbonyl (C=O) groups excluding carboxylic acids is 1. The normalized spacial score (nSPS) is 10.4. The smallest absolute Gasteiger partial charge is 0.431 e. The van der Waals surface area contributed by atoms with Crippen LogP contribution >= 0.6 is 0 Å². The second-order valence-corrected chi connectivity index (χ2v) is 9.99. The highest BCUT2D eigenvalue weighted by molar-refractivity contribution is 5.73. The molecule has 0 saturated carbocycles. The van der Waals surface area contributed by atoms with Gasteiger partial charge >= 0.3 is 6.09 Å². The third-order valence-electron chi connectivity index (χ3n) is 6.71. The summed E-state index contributed by atoms with van der Waals surface area (Å²) in [5.74, 6) is 1.13. The molecule has 2 aromatic rings. The average Bonchev–Trinajstić information content (AvgIpc) is 2.95. The highest BCUT2D eigenvalue weighted by Gasteiger charge is 2.09. The molecular weight excluding hydrogens is 488 g/mol. The molecule has 2 aromatic carbocycles. The predicted octanol–water partition coefficient (Wildman–Crippen LogP) is 8.71. The van der Waals surface area contributed by atoms with Gasteiger partial charge in [0.2, 0.25) is 0 Å². The number of nitrogens with one attached hydrogen (secondary N) is 2. The maximum atomic E-state index is 12.1. The predicted molar refractivity (Wildman–Crippen MR) is 156 cm³/mol. The summed E-state index contributed by atoms with van der Waals surface area (Å²) < 4.78 is 11.1. The van der Waals surface area contributed by atoms with E-state index in [4.69, 9.17) is 14.7 Å². The molecule has 2 rings (SSSR count). The van der Waals surface area contributed by atoms with Gasteiger partial charge in [-0.2, -0.15) is 10.5 Å². The van der Waals surface area contributed by atoms with Gasteiger partial charge in [0.05, 0.1) is 23.4 Å². The third-order valence-corrected chi connectivity index (χ3v) is 6.71. The number of ether oxygens (including phenoxy) is 2. The summed E-state index contributed by atoms with van der Waals surface area (Å²) in [6, 6.07) is 14.0. The van der Waals surface area contributed by atoms with Crippen LogP contribution in [-0.4, -0.2) is 12.7 Å². The Morgan fingerprint density at radius 1 is 0.744 bits per heavy atom. The van der Waals surface area contributed by atoms with E-state index in [2.05, 4.69) is 17.8 Å². The van der Waals surface area contributed by atoms with E-state index in [1.54, 1.807) is 37.3 Å². The standard InChI is InChI=1S/C32H44N4O3/c1-3-4-5-6-7-8-9-10-11-12-13-14-15-16-21-38-29-17-19-30(20-18-29)39-32(37)36-35-31-23-28(25-34)27(24-33)22-26(31)2/h17-20,22-23,35H,3-16,21H2,1-2H3,(H,36,37). The van der Waals surface area contributed by atoms with Crippen molar-refractivity contribution >= 4 is 11.8 Å². The number of amides is 1. The zero-order valence-corrected chi connectivity index (χ0v) is 23.7. The molecular formula is C32H44N4O3. The molecule has 0 saturated heterocycles. The summed E-state index contributed by atoms with van der Waals surface area (Å²) in [5.41, 5.74) is 6.91. The fourth-order valence-corrected chi connectivity index (χ4v) is 4.37. The van der Waals surface area contributed by atoms with Crippen molar-refractivity contribution in [3.63, 3.8) is 0 Å². The van der Waals surface area contributed by atoms with Gasteiger partial charge in [-0.25, -0.2) is 10.2 Å². The molecule has 0 bridgehead atoms. The lowest BCUT2D eigenvalue weighted by Crippen LogP contribution is -2.32. The molecule has 210 valence electrons. The van der Waals surface area contributed by atoms with Crippen molar-refractivity contribution in [2.24, 2.45) is 0 Å². The molecule has 0 fully saturated rings. The van der Waals surface area contributed by atoms with Crippen molar-refractivity contribution in [1.29, 1.82) is 10.5 Å². The van der Waals surface area contributed by atoms with E-state index >= 15 is 0 Å². The molecule has 0 heterocycles. The Kier molecular flexibility index (Phi) is 15.7. The first-order chi connectivity index (χ1) is 19.1.